The number of benzene rings is 2. The zero-order valence-corrected chi connectivity index (χ0v) is 16.1. The van der Waals surface area contributed by atoms with Crippen LogP contribution in [0.25, 0.3) is 0 Å². The van der Waals surface area contributed by atoms with Crippen molar-refractivity contribution in [2.24, 2.45) is 5.18 Å². The van der Waals surface area contributed by atoms with Crippen molar-refractivity contribution < 1.29 is 47.9 Å². The first-order valence-electron chi connectivity index (χ1n) is 8.20. The molecule has 0 heterocycles. The first-order chi connectivity index (χ1) is 14.5. The van der Waals surface area contributed by atoms with Crippen molar-refractivity contribution in [2.75, 3.05) is 10.8 Å². The summed E-state index contributed by atoms with van der Waals surface area (Å²) in [4.78, 5) is 10.1. The van der Waals surface area contributed by atoms with Gasteiger partial charge in [0, 0.05) is 5.56 Å². The smallest absolute Gasteiger partial charge is 0.257 e. The molecule has 0 aromatic heterocycles. The average Bonchev–Trinajstić information content (AvgIpc) is 2.65. The maximum absolute atomic E-state index is 13.2. The highest BCUT2D eigenvalue weighted by atomic mass is 32.2. The van der Waals surface area contributed by atoms with E-state index in [1.165, 1.54) is 23.4 Å². The molecule has 0 N–H and O–H groups in total. The fraction of sp³-hybridized carbons (Fsp3) is 0.294. The van der Waals surface area contributed by atoms with Crippen LogP contribution in [-0.4, -0.2) is 33.5 Å². The summed E-state index contributed by atoms with van der Waals surface area (Å²) in [6, 6.07) is 6.31. The Morgan fingerprint density at radius 1 is 0.750 bits per heavy atom. The number of anilines is 1. The van der Waals surface area contributed by atoms with Gasteiger partial charge in [-0.05, 0) is 29.4 Å². The van der Waals surface area contributed by atoms with E-state index < -0.39 is 56.8 Å². The molecule has 176 valence electrons. The lowest BCUT2D eigenvalue weighted by Gasteiger charge is -2.31. The molecule has 32 heavy (non-hydrogen) atoms. The van der Waals surface area contributed by atoms with Gasteiger partial charge < -0.3 is 0 Å². The minimum absolute atomic E-state index is 0.0433. The Morgan fingerprint density at radius 3 is 1.59 bits per heavy atom. The number of alkyl halides is 9. The number of nitroso groups, excluding NO2 is 1. The number of hydrogen-bond donors (Lipinski definition) is 0. The summed E-state index contributed by atoms with van der Waals surface area (Å²) in [5.74, 6) is 0. The third-order valence-corrected chi connectivity index (χ3v) is 5.97. The summed E-state index contributed by atoms with van der Waals surface area (Å²) in [5.41, 5.74) is -7.84. The molecule has 2 rings (SSSR count). The predicted octanol–water partition coefficient (Wildman–Crippen LogP) is 5.53. The molecule has 0 amide bonds. The van der Waals surface area contributed by atoms with E-state index in [1.807, 2.05) is 0 Å². The van der Waals surface area contributed by atoms with Crippen molar-refractivity contribution in [2.45, 2.75) is 29.0 Å². The number of rotatable bonds is 6. The van der Waals surface area contributed by atoms with Crippen LogP contribution < -0.4 is 4.31 Å². The highest BCUT2D eigenvalue weighted by Crippen LogP contribution is 2.53. The minimum Gasteiger partial charge on any atom is -0.257 e. The second-order valence-corrected chi connectivity index (χ2v) is 8.15. The zero-order valence-electron chi connectivity index (χ0n) is 15.3. The fourth-order valence-corrected chi connectivity index (χ4v) is 4.18. The van der Waals surface area contributed by atoms with E-state index in [2.05, 4.69) is 0 Å². The molecular weight excluding hydrogens is 483 g/mol. The van der Waals surface area contributed by atoms with Crippen molar-refractivity contribution in [3.05, 3.63) is 65.1 Å². The van der Waals surface area contributed by atoms with Gasteiger partial charge in [-0.3, -0.25) is 4.31 Å². The number of halogens is 9. The van der Waals surface area contributed by atoms with Crippen LogP contribution in [0.3, 0.4) is 0 Å². The number of hydrogen-bond acceptors (Lipinski definition) is 4. The van der Waals surface area contributed by atoms with Crippen LogP contribution in [0.4, 0.5) is 45.2 Å². The maximum Gasteiger partial charge on any atom is 0.430 e. The summed E-state index contributed by atoms with van der Waals surface area (Å²) >= 11 is 0. The van der Waals surface area contributed by atoms with Gasteiger partial charge in [0.1, 0.15) is 6.54 Å². The SMILES string of the molecule is O=NC(c1ccc(N(CC(F)(F)F)S(=O)(=O)c2ccccc2)cc1)(C(F)(F)F)C(F)(F)F. The van der Waals surface area contributed by atoms with Crippen LogP contribution in [0.2, 0.25) is 0 Å². The quantitative estimate of drug-likeness (QED) is 0.392. The highest BCUT2D eigenvalue weighted by Gasteiger charge is 2.74. The topological polar surface area (TPSA) is 66.8 Å². The van der Waals surface area contributed by atoms with E-state index in [4.69, 9.17) is 0 Å². The van der Waals surface area contributed by atoms with E-state index in [0.29, 0.717) is 12.1 Å². The molecule has 0 atom stereocenters. The molecule has 2 aromatic rings. The lowest BCUT2D eigenvalue weighted by atomic mass is 9.89. The summed E-state index contributed by atoms with van der Waals surface area (Å²) in [5, 5.41) is 1.25. The molecular formula is C17H11F9N2O3S. The van der Waals surface area contributed by atoms with E-state index in [0.717, 1.165) is 12.1 Å². The highest BCUT2D eigenvalue weighted by molar-refractivity contribution is 7.92. The molecule has 0 radical (unpaired) electrons. The Balaban J connectivity index is 2.66. The Bertz CT molecular complexity index is 1030. The first kappa shape index (κ1) is 25.4. The molecule has 0 aliphatic heterocycles. The van der Waals surface area contributed by atoms with Gasteiger partial charge in [0.05, 0.1) is 10.6 Å². The van der Waals surface area contributed by atoms with Gasteiger partial charge in [0.2, 0.25) is 0 Å². The Morgan fingerprint density at radius 2 is 1.22 bits per heavy atom. The number of nitrogens with zero attached hydrogens (tertiary/aromatic N) is 2. The van der Waals surface area contributed by atoms with Crippen molar-refractivity contribution in [3.63, 3.8) is 0 Å². The first-order valence-corrected chi connectivity index (χ1v) is 9.64. The van der Waals surface area contributed by atoms with Crippen molar-refractivity contribution in [3.8, 4) is 0 Å². The van der Waals surface area contributed by atoms with Crippen LogP contribution in [0.5, 0.6) is 0 Å². The largest absolute Gasteiger partial charge is 0.430 e. The molecule has 5 nitrogen and oxygen atoms in total. The van der Waals surface area contributed by atoms with Crippen molar-refractivity contribution in [1.82, 2.24) is 0 Å². The molecule has 0 bridgehead atoms. The molecule has 0 saturated carbocycles. The van der Waals surface area contributed by atoms with E-state index in [1.54, 1.807) is 0 Å². The van der Waals surface area contributed by atoms with Crippen LogP contribution in [0.15, 0.2) is 64.7 Å². The third kappa shape index (κ3) is 4.66. The minimum atomic E-state index is -6.24. The Labute approximate surface area is 174 Å². The lowest BCUT2D eigenvalue weighted by Crippen LogP contribution is -2.52. The molecule has 15 heteroatoms. The van der Waals surface area contributed by atoms with E-state index >= 15 is 0 Å². The number of sulfonamides is 1. The van der Waals surface area contributed by atoms with Gasteiger partial charge in [0.25, 0.3) is 10.0 Å². The Hall–Kier alpha value is -2.84. The van der Waals surface area contributed by atoms with Crippen LogP contribution in [-0.2, 0) is 15.6 Å². The standard InChI is InChI=1S/C17H11F9N2O3S/c18-14(19,20)10-28(32(30,31)13-4-2-1-3-5-13)12-8-6-11(7-9-12)15(27-29,16(21,22)23)17(24,25)26/h1-9H,10H2. The average molecular weight is 494 g/mol. The van der Waals surface area contributed by atoms with Crippen molar-refractivity contribution in [1.29, 1.82) is 0 Å². The van der Waals surface area contributed by atoms with Gasteiger partial charge in [-0.15, -0.1) is 4.91 Å². The zero-order chi connectivity index (χ0) is 24.6. The van der Waals surface area contributed by atoms with Crippen LogP contribution in [0.1, 0.15) is 5.56 Å². The lowest BCUT2D eigenvalue weighted by molar-refractivity contribution is -0.301. The van der Waals surface area contributed by atoms with E-state index in [9.17, 15) is 52.8 Å². The predicted molar refractivity (Wildman–Crippen MR) is 93.1 cm³/mol. The normalized spacial score (nSPS) is 13.7. The van der Waals surface area contributed by atoms with Gasteiger partial charge in [-0.1, -0.05) is 30.3 Å². The third-order valence-electron chi connectivity index (χ3n) is 4.18. The van der Waals surface area contributed by atoms with Gasteiger partial charge in [-0.25, -0.2) is 8.42 Å². The Kier molecular flexibility index (Phi) is 6.56. The summed E-state index contributed by atoms with van der Waals surface area (Å²) in [7, 11) is -4.91. The molecule has 0 aliphatic carbocycles. The molecule has 0 aliphatic rings. The fourth-order valence-electron chi connectivity index (χ4n) is 2.71. The van der Waals surface area contributed by atoms with Gasteiger partial charge >= 0.3 is 24.1 Å². The van der Waals surface area contributed by atoms with Gasteiger partial charge in [-0.2, -0.15) is 39.5 Å². The summed E-state index contributed by atoms with van der Waals surface area (Å²) < 4.78 is 143. The second kappa shape index (κ2) is 8.26. The molecule has 0 spiro atoms. The molecule has 2 aromatic carbocycles. The van der Waals surface area contributed by atoms with Crippen LogP contribution in [0, 0.1) is 4.91 Å². The molecule has 0 saturated heterocycles. The summed E-state index contributed by atoms with van der Waals surface area (Å²) in [6.07, 6.45) is -17.6. The van der Waals surface area contributed by atoms with Crippen LogP contribution >= 0.6 is 0 Å². The maximum atomic E-state index is 13.2. The molecule has 0 fully saturated rings. The van der Waals surface area contributed by atoms with Crippen molar-refractivity contribution >= 4 is 15.7 Å². The second-order valence-electron chi connectivity index (χ2n) is 6.28. The summed E-state index contributed by atoms with van der Waals surface area (Å²) in [6.45, 7) is -2.13. The van der Waals surface area contributed by atoms with E-state index in [-0.39, 0.29) is 16.4 Å². The monoisotopic (exact) mass is 494 g/mol. The van der Waals surface area contributed by atoms with Gasteiger partial charge in [0.15, 0.2) is 0 Å². The molecule has 0 unspecified atom stereocenters.